The highest BCUT2D eigenvalue weighted by Gasteiger charge is 2.22. The second-order valence-electron chi connectivity index (χ2n) is 6.73. The molecule has 1 heterocycles. The van der Waals surface area contributed by atoms with Crippen LogP contribution in [0.25, 0.3) is 0 Å². The van der Waals surface area contributed by atoms with Gasteiger partial charge in [0, 0.05) is 18.0 Å². The molecule has 0 saturated heterocycles. The summed E-state index contributed by atoms with van der Waals surface area (Å²) in [7, 11) is 3.84. The Bertz CT molecular complexity index is 680. The van der Waals surface area contributed by atoms with Gasteiger partial charge >= 0.3 is 0 Å². The van der Waals surface area contributed by atoms with E-state index in [4.69, 9.17) is 9.72 Å². The molecule has 0 radical (unpaired) electrons. The zero-order valence-electron chi connectivity index (χ0n) is 15.2. The van der Waals surface area contributed by atoms with Crippen LogP contribution in [0.15, 0.2) is 24.3 Å². The first kappa shape index (κ1) is 17.9. The van der Waals surface area contributed by atoms with Crippen LogP contribution in [0.4, 0.5) is 0 Å². The monoisotopic (exact) mass is 344 g/mol. The molecule has 0 bridgehead atoms. The summed E-state index contributed by atoms with van der Waals surface area (Å²) in [6.07, 6.45) is 5.79. The number of benzene rings is 1. The fourth-order valence-electron chi connectivity index (χ4n) is 3.61. The number of aromatic nitrogens is 3. The molecular weight excluding hydrogens is 316 g/mol. The molecule has 1 aromatic carbocycles. The molecule has 0 amide bonds. The topological polar surface area (TPSA) is 63.4 Å². The van der Waals surface area contributed by atoms with Gasteiger partial charge in [-0.1, -0.05) is 31.0 Å². The van der Waals surface area contributed by atoms with Crippen molar-refractivity contribution >= 4 is 0 Å². The van der Waals surface area contributed by atoms with E-state index in [1.165, 1.54) is 25.7 Å². The van der Waals surface area contributed by atoms with Gasteiger partial charge < -0.3 is 9.84 Å². The average molecular weight is 344 g/mol. The minimum Gasteiger partial charge on any atom is -0.496 e. The van der Waals surface area contributed by atoms with Crippen molar-refractivity contribution in [3.05, 3.63) is 41.5 Å². The lowest BCUT2D eigenvalue weighted by atomic mass is 10.1. The van der Waals surface area contributed by atoms with E-state index in [0.29, 0.717) is 19.0 Å². The third-order valence-electron chi connectivity index (χ3n) is 4.98. The fourth-order valence-corrected chi connectivity index (χ4v) is 3.61. The van der Waals surface area contributed by atoms with Crippen molar-refractivity contribution in [2.45, 2.75) is 51.2 Å². The van der Waals surface area contributed by atoms with Gasteiger partial charge in [0.1, 0.15) is 11.6 Å². The lowest BCUT2D eigenvalue weighted by Gasteiger charge is -2.23. The summed E-state index contributed by atoms with van der Waals surface area (Å²) in [5.74, 6) is 2.55. The van der Waals surface area contributed by atoms with Gasteiger partial charge in [-0.25, -0.2) is 9.67 Å². The van der Waals surface area contributed by atoms with Crippen LogP contribution in [0.1, 0.15) is 42.9 Å². The molecule has 6 heteroatoms. The van der Waals surface area contributed by atoms with Crippen LogP contribution < -0.4 is 4.74 Å². The second kappa shape index (κ2) is 8.45. The highest BCUT2D eigenvalue weighted by atomic mass is 16.5. The molecule has 1 N–H and O–H groups in total. The first-order chi connectivity index (χ1) is 12.2. The van der Waals surface area contributed by atoms with Crippen molar-refractivity contribution in [1.82, 2.24) is 19.7 Å². The predicted octanol–water partition coefficient (Wildman–Crippen LogP) is 2.24. The largest absolute Gasteiger partial charge is 0.496 e. The molecule has 1 fully saturated rings. The summed E-state index contributed by atoms with van der Waals surface area (Å²) in [5, 5.41) is 14.0. The van der Waals surface area contributed by atoms with E-state index in [-0.39, 0.29) is 6.61 Å². The maximum absolute atomic E-state index is 9.35. The minimum absolute atomic E-state index is 0.0671. The third-order valence-corrected chi connectivity index (χ3v) is 4.98. The molecule has 0 spiro atoms. The van der Waals surface area contributed by atoms with Crippen molar-refractivity contribution in [3.8, 4) is 5.75 Å². The maximum atomic E-state index is 9.35. The molecule has 25 heavy (non-hydrogen) atoms. The van der Waals surface area contributed by atoms with Crippen molar-refractivity contribution in [2.75, 3.05) is 20.8 Å². The quantitative estimate of drug-likeness (QED) is 0.796. The zero-order valence-corrected chi connectivity index (χ0v) is 15.2. The number of hydrogen-bond acceptors (Lipinski definition) is 5. The number of aliphatic hydroxyl groups is 1. The molecule has 0 atom stereocenters. The summed E-state index contributed by atoms with van der Waals surface area (Å²) < 4.78 is 7.27. The molecule has 6 nitrogen and oxygen atoms in total. The molecule has 0 aliphatic heterocycles. The van der Waals surface area contributed by atoms with Gasteiger partial charge in [0.2, 0.25) is 0 Å². The molecule has 2 aromatic rings. The van der Waals surface area contributed by atoms with Gasteiger partial charge in [0.05, 0.1) is 26.8 Å². The number of ether oxygens (including phenoxy) is 1. The lowest BCUT2D eigenvalue weighted by Crippen LogP contribution is -2.30. The Kier molecular flexibility index (Phi) is 6.04. The normalized spacial score (nSPS) is 15.2. The molecule has 1 aliphatic rings. The van der Waals surface area contributed by atoms with Gasteiger partial charge in [-0.15, -0.1) is 0 Å². The van der Waals surface area contributed by atoms with E-state index in [1.54, 1.807) is 7.11 Å². The maximum Gasteiger partial charge on any atom is 0.155 e. The number of aliphatic hydroxyl groups excluding tert-OH is 1. The Morgan fingerprint density at radius 1 is 1.28 bits per heavy atom. The molecule has 1 aromatic heterocycles. The first-order valence-electron chi connectivity index (χ1n) is 9.07. The van der Waals surface area contributed by atoms with Crippen molar-refractivity contribution in [1.29, 1.82) is 0 Å². The van der Waals surface area contributed by atoms with E-state index >= 15 is 0 Å². The number of rotatable bonds is 8. The van der Waals surface area contributed by atoms with Crippen LogP contribution in [0.5, 0.6) is 5.75 Å². The minimum atomic E-state index is 0.0671. The number of methoxy groups -OCH3 is 1. The van der Waals surface area contributed by atoms with Gasteiger partial charge in [0.15, 0.2) is 5.82 Å². The van der Waals surface area contributed by atoms with E-state index < -0.39 is 0 Å². The van der Waals surface area contributed by atoms with Crippen molar-refractivity contribution in [3.63, 3.8) is 0 Å². The van der Waals surface area contributed by atoms with Crippen molar-refractivity contribution in [2.24, 2.45) is 0 Å². The van der Waals surface area contributed by atoms with E-state index in [2.05, 4.69) is 17.0 Å². The Morgan fingerprint density at radius 2 is 2.04 bits per heavy atom. The third kappa shape index (κ3) is 4.38. The standard InChI is InChI=1S/C19H28N4O2/c1-22(16-8-4-5-9-16)14-19-20-18(21-23(19)11-12-24)13-15-7-3-6-10-17(15)25-2/h3,6-7,10,16,24H,4-5,8-9,11-14H2,1-2H3. The first-order valence-corrected chi connectivity index (χ1v) is 9.07. The van der Waals surface area contributed by atoms with Crippen LogP contribution in [-0.4, -0.2) is 51.6 Å². The highest BCUT2D eigenvalue weighted by Crippen LogP contribution is 2.24. The molecule has 1 aliphatic carbocycles. The highest BCUT2D eigenvalue weighted by molar-refractivity contribution is 5.35. The number of hydrogen-bond donors (Lipinski definition) is 1. The molecule has 1 saturated carbocycles. The van der Waals surface area contributed by atoms with Gasteiger partial charge in [-0.2, -0.15) is 5.10 Å². The fraction of sp³-hybridized carbons (Fsp3) is 0.579. The lowest BCUT2D eigenvalue weighted by molar-refractivity contribution is 0.220. The Balaban J connectivity index is 1.76. The summed E-state index contributed by atoms with van der Waals surface area (Å²) >= 11 is 0. The average Bonchev–Trinajstić information content (AvgIpc) is 3.26. The van der Waals surface area contributed by atoms with E-state index in [0.717, 1.165) is 29.5 Å². The van der Waals surface area contributed by atoms with Crippen LogP contribution in [0.3, 0.4) is 0 Å². The molecule has 3 rings (SSSR count). The summed E-state index contributed by atoms with van der Waals surface area (Å²) in [6, 6.07) is 8.58. The van der Waals surface area contributed by atoms with Crippen LogP contribution >= 0.6 is 0 Å². The van der Waals surface area contributed by atoms with Gasteiger partial charge in [-0.3, -0.25) is 4.90 Å². The number of nitrogens with zero attached hydrogens (tertiary/aromatic N) is 4. The number of para-hydroxylation sites is 1. The Hall–Kier alpha value is -1.92. The molecule has 136 valence electrons. The van der Waals surface area contributed by atoms with E-state index in [1.807, 2.05) is 28.9 Å². The summed E-state index contributed by atoms with van der Waals surface area (Å²) in [6.45, 7) is 1.31. The predicted molar refractivity (Wildman–Crippen MR) is 96.6 cm³/mol. The van der Waals surface area contributed by atoms with Crippen LogP contribution in [0, 0.1) is 0 Å². The molecular formula is C19H28N4O2. The Labute approximate surface area is 149 Å². The van der Waals surface area contributed by atoms with Crippen molar-refractivity contribution < 1.29 is 9.84 Å². The summed E-state index contributed by atoms with van der Waals surface area (Å²) in [4.78, 5) is 7.13. The van der Waals surface area contributed by atoms with Crippen LogP contribution in [-0.2, 0) is 19.5 Å². The zero-order chi connectivity index (χ0) is 17.6. The van der Waals surface area contributed by atoms with E-state index in [9.17, 15) is 5.11 Å². The molecule has 0 unspecified atom stereocenters. The van der Waals surface area contributed by atoms with Crippen LogP contribution in [0.2, 0.25) is 0 Å². The second-order valence-corrected chi connectivity index (χ2v) is 6.73. The summed E-state index contributed by atoms with van der Waals surface area (Å²) in [5.41, 5.74) is 1.07. The Morgan fingerprint density at radius 3 is 2.76 bits per heavy atom. The SMILES string of the molecule is COc1ccccc1Cc1nc(CN(C)C2CCCC2)n(CCO)n1. The van der Waals surface area contributed by atoms with Gasteiger partial charge in [-0.05, 0) is 26.0 Å². The van der Waals surface area contributed by atoms with Gasteiger partial charge in [0.25, 0.3) is 0 Å². The smallest absolute Gasteiger partial charge is 0.155 e.